The number of hydrogen-bond donors (Lipinski definition) is 1. The first-order chi connectivity index (χ1) is 9.60. The molecule has 0 aliphatic heterocycles. The fraction of sp³-hybridized carbons (Fsp3) is 0.235. The first kappa shape index (κ1) is 14.3. The lowest BCUT2D eigenvalue weighted by atomic mass is 9.98. The first-order valence-electron chi connectivity index (χ1n) is 6.77. The van der Waals surface area contributed by atoms with Crippen molar-refractivity contribution in [2.24, 2.45) is 0 Å². The standard InChI is InChI=1S/C17H18FNO/c1-3-12(2)13-7-9-16(10-8-13)19-17(20)14-5-4-6-15(18)11-14/h4-12H,3H2,1-2H3,(H,19,20)/t12-/m0/s1. The van der Waals surface area contributed by atoms with Gasteiger partial charge >= 0.3 is 0 Å². The summed E-state index contributed by atoms with van der Waals surface area (Å²) in [5.74, 6) is -0.214. The number of anilines is 1. The zero-order valence-corrected chi connectivity index (χ0v) is 11.7. The van der Waals surface area contributed by atoms with Gasteiger partial charge in [-0.25, -0.2) is 4.39 Å². The molecular formula is C17H18FNO. The minimum absolute atomic E-state index is 0.305. The van der Waals surface area contributed by atoms with E-state index in [1.165, 1.54) is 23.8 Å². The topological polar surface area (TPSA) is 29.1 Å². The molecule has 0 radical (unpaired) electrons. The third kappa shape index (κ3) is 3.44. The van der Waals surface area contributed by atoms with Crippen molar-refractivity contribution < 1.29 is 9.18 Å². The lowest BCUT2D eigenvalue weighted by Crippen LogP contribution is -2.12. The van der Waals surface area contributed by atoms with Gasteiger partial charge in [0.15, 0.2) is 0 Å². The molecule has 0 bridgehead atoms. The molecule has 2 rings (SSSR count). The molecule has 3 heteroatoms. The molecule has 0 saturated heterocycles. The van der Waals surface area contributed by atoms with Crippen LogP contribution in [0.3, 0.4) is 0 Å². The Morgan fingerprint density at radius 1 is 1.20 bits per heavy atom. The van der Waals surface area contributed by atoms with E-state index in [4.69, 9.17) is 0 Å². The molecule has 1 amide bonds. The number of hydrogen-bond acceptors (Lipinski definition) is 1. The summed E-state index contributed by atoms with van der Waals surface area (Å²) in [5, 5.41) is 2.76. The van der Waals surface area contributed by atoms with Crippen molar-refractivity contribution in [3.05, 3.63) is 65.5 Å². The van der Waals surface area contributed by atoms with E-state index in [1.54, 1.807) is 6.07 Å². The average molecular weight is 271 g/mol. The van der Waals surface area contributed by atoms with Gasteiger partial charge in [-0.15, -0.1) is 0 Å². The van der Waals surface area contributed by atoms with Gasteiger partial charge in [0.25, 0.3) is 5.91 Å². The molecule has 0 heterocycles. The molecule has 104 valence electrons. The Kier molecular flexibility index (Phi) is 4.51. The monoisotopic (exact) mass is 271 g/mol. The Bertz CT molecular complexity index is 592. The Morgan fingerprint density at radius 3 is 2.50 bits per heavy atom. The van der Waals surface area contributed by atoms with E-state index in [1.807, 2.05) is 24.3 Å². The second-order valence-corrected chi connectivity index (χ2v) is 4.90. The van der Waals surface area contributed by atoms with E-state index in [9.17, 15) is 9.18 Å². The first-order valence-corrected chi connectivity index (χ1v) is 6.77. The molecule has 0 spiro atoms. The molecule has 0 fully saturated rings. The maximum absolute atomic E-state index is 13.1. The third-order valence-electron chi connectivity index (χ3n) is 3.44. The lowest BCUT2D eigenvalue weighted by Gasteiger charge is -2.10. The predicted molar refractivity (Wildman–Crippen MR) is 79.5 cm³/mol. The Balaban J connectivity index is 2.08. The normalized spacial score (nSPS) is 11.9. The summed E-state index contributed by atoms with van der Waals surface area (Å²) in [6.45, 7) is 4.31. The maximum atomic E-state index is 13.1. The van der Waals surface area contributed by atoms with Crippen molar-refractivity contribution in [3.63, 3.8) is 0 Å². The van der Waals surface area contributed by atoms with Gasteiger partial charge in [0, 0.05) is 11.3 Å². The van der Waals surface area contributed by atoms with Crippen LogP contribution in [0, 0.1) is 5.82 Å². The van der Waals surface area contributed by atoms with Crippen molar-refractivity contribution in [2.45, 2.75) is 26.2 Å². The zero-order valence-electron chi connectivity index (χ0n) is 11.7. The summed E-state index contributed by atoms with van der Waals surface area (Å²) >= 11 is 0. The second kappa shape index (κ2) is 6.33. The molecule has 2 aromatic carbocycles. The highest BCUT2D eigenvalue weighted by atomic mass is 19.1. The Morgan fingerprint density at radius 2 is 1.90 bits per heavy atom. The summed E-state index contributed by atoms with van der Waals surface area (Å²) in [5.41, 5.74) is 2.28. The molecular weight excluding hydrogens is 253 g/mol. The van der Waals surface area contributed by atoms with Crippen LogP contribution in [0.25, 0.3) is 0 Å². The molecule has 0 aromatic heterocycles. The van der Waals surface area contributed by atoms with Crippen LogP contribution in [0.15, 0.2) is 48.5 Å². The molecule has 0 unspecified atom stereocenters. The molecule has 20 heavy (non-hydrogen) atoms. The van der Waals surface area contributed by atoms with Crippen LogP contribution in [0.5, 0.6) is 0 Å². The molecule has 0 saturated carbocycles. The van der Waals surface area contributed by atoms with Gasteiger partial charge in [-0.2, -0.15) is 0 Å². The van der Waals surface area contributed by atoms with Crippen LogP contribution >= 0.6 is 0 Å². The highest BCUT2D eigenvalue weighted by Gasteiger charge is 2.07. The summed E-state index contributed by atoms with van der Waals surface area (Å²) < 4.78 is 13.1. The van der Waals surface area contributed by atoms with Crippen LogP contribution in [0.1, 0.15) is 42.1 Å². The van der Waals surface area contributed by atoms with Crippen molar-refractivity contribution in [1.82, 2.24) is 0 Å². The number of nitrogens with one attached hydrogen (secondary N) is 1. The fourth-order valence-corrected chi connectivity index (χ4v) is 1.96. The van der Waals surface area contributed by atoms with E-state index < -0.39 is 5.82 Å². The molecule has 1 N–H and O–H groups in total. The number of benzene rings is 2. The molecule has 2 aromatic rings. The lowest BCUT2D eigenvalue weighted by molar-refractivity contribution is 0.102. The van der Waals surface area contributed by atoms with E-state index in [0.29, 0.717) is 17.2 Å². The fourth-order valence-electron chi connectivity index (χ4n) is 1.96. The van der Waals surface area contributed by atoms with E-state index in [-0.39, 0.29) is 5.91 Å². The maximum Gasteiger partial charge on any atom is 0.255 e. The number of carbonyl (C=O) groups is 1. The summed E-state index contributed by atoms with van der Waals surface area (Å²) in [6.07, 6.45) is 1.08. The van der Waals surface area contributed by atoms with Crippen molar-refractivity contribution in [1.29, 1.82) is 0 Å². The van der Waals surface area contributed by atoms with Gasteiger partial charge < -0.3 is 5.32 Å². The SMILES string of the molecule is CC[C@H](C)c1ccc(NC(=O)c2cccc(F)c2)cc1. The summed E-state index contributed by atoms with van der Waals surface area (Å²) in [7, 11) is 0. The largest absolute Gasteiger partial charge is 0.322 e. The smallest absolute Gasteiger partial charge is 0.255 e. The van der Waals surface area contributed by atoms with Gasteiger partial charge in [-0.05, 0) is 48.2 Å². The highest BCUT2D eigenvalue weighted by Crippen LogP contribution is 2.20. The van der Waals surface area contributed by atoms with Crippen LogP contribution in [-0.2, 0) is 0 Å². The summed E-state index contributed by atoms with van der Waals surface area (Å²) in [4.78, 5) is 12.0. The number of rotatable bonds is 4. The van der Waals surface area contributed by atoms with E-state index in [2.05, 4.69) is 19.2 Å². The highest BCUT2D eigenvalue weighted by molar-refractivity contribution is 6.04. The molecule has 0 aliphatic carbocycles. The van der Waals surface area contributed by atoms with Crippen LogP contribution in [0.2, 0.25) is 0 Å². The quantitative estimate of drug-likeness (QED) is 0.865. The van der Waals surface area contributed by atoms with Crippen LogP contribution in [0.4, 0.5) is 10.1 Å². The Labute approximate surface area is 118 Å². The molecule has 2 nitrogen and oxygen atoms in total. The molecule has 1 atom stereocenters. The average Bonchev–Trinajstić information content (AvgIpc) is 2.47. The van der Waals surface area contributed by atoms with Gasteiger partial charge in [0.05, 0.1) is 0 Å². The third-order valence-corrected chi connectivity index (χ3v) is 3.44. The second-order valence-electron chi connectivity index (χ2n) is 4.90. The molecule has 0 aliphatic rings. The number of carbonyl (C=O) groups excluding carboxylic acids is 1. The zero-order chi connectivity index (χ0) is 14.5. The minimum atomic E-state index is -0.412. The van der Waals surface area contributed by atoms with Gasteiger partial charge in [0.1, 0.15) is 5.82 Å². The van der Waals surface area contributed by atoms with E-state index >= 15 is 0 Å². The Hall–Kier alpha value is -2.16. The number of halogens is 1. The van der Waals surface area contributed by atoms with Crippen molar-refractivity contribution in [2.75, 3.05) is 5.32 Å². The van der Waals surface area contributed by atoms with Crippen molar-refractivity contribution in [3.8, 4) is 0 Å². The van der Waals surface area contributed by atoms with Gasteiger partial charge in [-0.1, -0.05) is 32.0 Å². The van der Waals surface area contributed by atoms with Crippen LogP contribution < -0.4 is 5.32 Å². The minimum Gasteiger partial charge on any atom is -0.322 e. The summed E-state index contributed by atoms with van der Waals surface area (Å²) in [6, 6.07) is 13.4. The van der Waals surface area contributed by atoms with Crippen LogP contribution in [-0.4, -0.2) is 5.91 Å². The van der Waals surface area contributed by atoms with Gasteiger partial charge in [-0.3, -0.25) is 4.79 Å². The van der Waals surface area contributed by atoms with E-state index in [0.717, 1.165) is 6.42 Å². The van der Waals surface area contributed by atoms with Gasteiger partial charge in [0.2, 0.25) is 0 Å². The number of amides is 1. The predicted octanol–water partition coefficient (Wildman–Crippen LogP) is 4.59. The van der Waals surface area contributed by atoms with Crippen molar-refractivity contribution >= 4 is 11.6 Å².